The summed E-state index contributed by atoms with van der Waals surface area (Å²) in [6.45, 7) is 0. The average molecular weight is 194 g/mol. The van der Waals surface area contributed by atoms with Crippen molar-refractivity contribution < 1.29 is 4.39 Å². The Morgan fingerprint density at radius 1 is 1.55 bits per heavy atom. The monoisotopic (exact) mass is 193 g/mol. The van der Waals surface area contributed by atoms with Crippen molar-refractivity contribution in [2.75, 3.05) is 5.88 Å². The first-order chi connectivity index (χ1) is 5.24. The van der Waals surface area contributed by atoms with E-state index in [2.05, 4.69) is 4.98 Å². The summed E-state index contributed by atoms with van der Waals surface area (Å²) in [4.78, 5) is 3.78. The van der Waals surface area contributed by atoms with Gasteiger partial charge in [0.1, 0.15) is 5.82 Å². The highest BCUT2D eigenvalue weighted by Crippen LogP contribution is 2.11. The number of rotatable bonds is 2. The van der Waals surface area contributed by atoms with Crippen LogP contribution in [0.25, 0.3) is 0 Å². The summed E-state index contributed by atoms with van der Waals surface area (Å²) in [6, 6.07) is 1.23. The van der Waals surface area contributed by atoms with Gasteiger partial charge in [0.15, 0.2) is 0 Å². The van der Waals surface area contributed by atoms with Crippen LogP contribution in [0.3, 0.4) is 0 Å². The maximum Gasteiger partial charge on any atom is 0.146 e. The summed E-state index contributed by atoms with van der Waals surface area (Å²) in [7, 11) is 0. The minimum absolute atomic E-state index is 0.306. The first-order valence-corrected chi connectivity index (χ1v) is 4.01. The molecule has 0 radical (unpaired) electrons. The number of alkyl halides is 1. The number of aromatic nitrogens is 1. The van der Waals surface area contributed by atoms with E-state index in [-0.39, 0.29) is 0 Å². The Morgan fingerprint density at radius 3 is 2.82 bits per heavy atom. The second kappa shape index (κ2) is 3.88. The van der Waals surface area contributed by atoms with Crippen molar-refractivity contribution in [3.05, 3.63) is 28.8 Å². The van der Waals surface area contributed by atoms with E-state index < -0.39 is 5.82 Å². The van der Waals surface area contributed by atoms with Crippen LogP contribution >= 0.6 is 23.2 Å². The molecule has 0 aromatic carbocycles. The molecular formula is C7H6Cl2FN. The maximum absolute atomic E-state index is 12.8. The fourth-order valence-electron chi connectivity index (χ4n) is 0.716. The lowest BCUT2D eigenvalue weighted by molar-refractivity contribution is 0.602. The standard InChI is InChI=1S/C7H6Cl2FN/c8-2-1-7-6(10)3-5(9)4-11-7/h3-4H,1-2H2. The largest absolute Gasteiger partial charge is 0.257 e. The van der Waals surface area contributed by atoms with Crippen molar-refractivity contribution >= 4 is 23.2 Å². The Balaban J connectivity index is 2.90. The van der Waals surface area contributed by atoms with Crippen molar-refractivity contribution in [3.8, 4) is 0 Å². The van der Waals surface area contributed by atoms with Crippen LogP contribution in [0.5, 0.6) is 0 Å². The van der Waals surface area contributed by atoms with Crippen LogP contribution in [-0.4, -0.2) is 10.9 Å². The van der Waals surface area contributed by atoms with E-state index in [1.807, 2.05) is 0 Å². The highest BCUT2D eigenvalue weighted by atomic mass is 35.5. The minimum Gasteiger partial charge on any atom is -0.257 e. The first-order valence-electron chi connectivity index (χ1n) is 3.10. The van der Waals surface area contributed by atoms with Crippen LogP contribution in [0.4, 0.5) is 4.39 Å². The number of hydrogen-bond donors (Lipinski definition) is 0. The summed E-state index contributed by atoms with van der Waals surface area (Å²) < 4.78 is 12.8. The molecule has 0 fully saturated rings. The lowest BCUT2D eigenvalue weighted by Gasteiger charge is -1.98. The first kappa shape index (κ1) is 8.75. The third kappa shape index (κ3) is 2.31. The number of aryl methyl sites for hydroxylation is 1. The summed E-state index contributed by atoms with van der Waals surface area (Å²) in [6.07, 6.45) is 1.84. The highest BCUT2D eigenvalue weighted by molar-refractivity contribution is 6.30. The third-order valence-corrected chi connectivity index (χ3v) is 1.61. The Kier molecular flexibility index (Phi) is 3.09. The Morgan fingerprint density at radius 2 is 2.27 bits per heavy atom. The van der Waals surface area contributed by atoms with Gasteiger partial charge in [-0.05, 0) is 6.07 Å². The molecule has 0 amide bonds. The van der Waals surface area contributed by atoms with Crippen molar-refractivity contribution in [3.63, 3.8) is 0 Å². The molecule has 1 rings (SSSR count). The van der Waals surface area contributed by atoms with Crippen molar-refractivity contribution in [2.45, 2.75) is 6.42 Å². The van der Waals surface area contributed by atoms with Gasteiger partial charge < -0.3 is 0 Å². The molecule has 60 valence electrons. The van der Waals surface area contributed by atoms with Gasteiger partial charge in [-0.3, -0.25) is 4.98 Å². The van der Waals surface area contributed by atoms with E-state index in [1.54, 1.807) is 0 Å². The normalized spacial score (nSPS) is 10.1. The molecule has 0 atom stereocenters. The topological polar surface area (TPSA) is 12.9 Å². The molecule has 1 nitrogen and oxygen atoms in total. The Bertz CT molecular complexity index is 252. The molecule has 1 aromatic rings. The molecule has 0 spiro atoms. The second-order valence-electron chi connectivity index (χ2n) is 2.02. The molecule has 0 unspecified atom stereocenters. The lowest BCUT2D eigenvalue weighted by atomic mass is 10.3. The highest BCUT2D eigenvalue weighted by Gasteiger charge is 2.02. The van der Waals surface area contributed by atoms with Crippen molar-refractivity contribution in [1.82, 2.24) is 4.98 Å². The lowest BCUT2D eigenvalue weighted by Crippen LogP contribution is -1.95. The fourth-order valence-corrected chi connectivity index (χ4v) is 1.04. The molecule has 1 heterocycles. The second-order valence-corrected chi connectivity index (χ2v) is 2.84. The molecule has 1 aromatic heterocycles. The predicted molar refractivity (Wildman–Crippen MR) is 43.6 cm³/mol. The molecule has 0 aliphatic carbocycles. The average Bonchev–Trinajstić information content (AvgIpc) is 1.95. The van der Waals surface area contributed by atoms with E-state index in [9.17, 15) is 4.39 Å². The molecule has 0 N–H and O–H groups in total. The summed E-state index contributed by atoms with van der Waals surface area (Å²) >= 11 is 10.9. The summed E-state index contributed by atoms with van der Waals surface area (Å²) in [5.74, 6) is -0.0240. The molecular weight excluding hydrogens is 188 g/mol. The van der Waals surface area contributed by atoms with Gasteiger partial charge in [-0.25, -0.2) is 4.39 Å². The maximum atomic E-state index is 12.8. The van der Waals surface area contributed by atoms with Gasteiger partial charge >= 0.3 is 0 Å². The van der Waals surface area contributed by atoms with Crippen LogP contribution in [-0.2, 0) is 6.42 Å². The van der Waals surface area contributed by atoms with E-state index in [1.165, 1.54) is 12.3 Å². The van der Waals surface area contributed by atoms with Crippen LogP contribution in [0.2, 0.25) is 5.02 Å². The van der Waals surface area contributed by atoms with Gasteiger partial charge in [0, 0.05) is 18.5 Å². The molecule has 0 saturated heterocycles. The van der Waals surface area contributed by atoms with Crippen molar-refractivity contribution in [2.24, 2.45) is 0 Å². The van der Waals surface area contributed by atoms with E-state index in [4.69, 9.17) is 23.2 Å². The smallest absolute Gasteiger partial charge is 0.146 e. The fraction of sp³-hybridized carbons (Fsp3) is 0.286. The van der Waals surface area contributed by atoms with Gasteiger partial charge in [0.2, 0.25) is 0 Å². The molecule has 4 heteroatoms. The van der Waals surface area contributed by atoms with Gasteiger partial charge in [-0.15, -0.1) is 11.6 Å². The molecule has 0 saturated carbocycles. The zero-order valence-electron chi connectivity index (χ0n) is 5.65. The predicted octanol–water partition coefficient (Wildman–Crippen LogP) is 2.66. The van der Waals surface area contributed by atoms with Crippen LogP contribution in [0.1, 0.15) is 5.69 Å². The summed E-state index contributed by atoms with van der Waals surface area (Å²) in [5, 5.41) is 0.306. The number of halogens is 3. The van der Waals surface area contributed by atoms with E-state index >= 15 is 0 Å². The molecule has 0 bridgehead atoms. The van der Waals surface area contributed by atoms with E-state index in [0.717, 1.165) is 0 Å². The molecule has 11 heavy (non-hydrogen) atoms. The zero-order valence-corrected chi connectivity index (χ0v) is 7.16. The van der Waals surface area contributed by atoms with Crippen molar-refractivity contribution in [1.29, 1.82) is 0 Å². The number of nitrogens with zero attached hydrogens (tertiary/aromatic N) is 1. The zero-order chi connectivity index (χ0) is 8.27. The van der Waals surface area contributed by atoms with Gasteiger partial charge in [0.05, 0.1) is 10.7 Å². The minimum atomic E-state index is -0.391. The van der Waals surface area contributed by atoms with Gasteiger partial charge in [-0.1, -0.05) is 11.6 Å². The summed E-state index contributed by atoms with van der Waals surface area (Å²) in [5.41, 5.74) is 0.365. The Hall–Kier alpha value is -0.340. The number of pyridine rings is 1. The van der Waals surface area contributed by atoms with Gasteiger partial charge in [-0.2, -0.15) is 0 Å². The SMILES string of the molecule is Fc1cc(Cl)cnc1CCCl. The van der Waals surface area contributed by atoms with Crippen LogP contribution in [0, 0.1) is 5.82 Å². The quantitative estimate of drug-likeness (QED) is 0.659. The molecule has 0 aliphatic heterocycles. The van der Waals surface area contributed by atoms with Crippen LogP contribution < -0.4 is 0 Å². The number of hydrogen-bond acceptors (Lipinski definition) is 1. The Labute approximate surface area is 74.2 Å². The van der Waals surface area contributed by atoms with Crippen LogP contribution in [0.15, 0.2) is 12.3 Å². The molecule has 0 aliphatic rings. The van der Waals surface area contributed by atoms with Gasteiger partial charge in [0.25, 0.3) is 0 Å². The third-order valence-electron chi connectivity index (χ3n) is 1.22. The van der Waals surface area contributed by atoms with E-state index in [0.29, 0.717) is 23.0 Å².